The van der Waals surface area contributed by atoms with E-state index in [1.54, 1.807) is 0 Å². The Kier molecular flexibility index (Phi) is 6.76. The van der Waals surface area contributed by atoms with Crippen LogP contribution in [0.1, 0.15) is 58.3 Å². The van der Waals surface area contributed by atoms with Crippen molar-refractivity contribution in [1.29, 1.82) is 0 Å². The highest BCUT2D eigenvalue weighted by atomic mass is 16.4. The summed E-state index contributed by atoms with van der Waals surface area (Å²) in [6.45, 7) is 2.89. The minimum absolute atomic E-state index is 0.213. The van der Waals surface area contributed by atoms with Gasteiger partial charge >= 0.3 is 5.97 Å². The number of carbonyl (C=O) groups excluding carboxylic acids is 1. The highest BCUT2D eigenvalue weighted by Gasteiger charge is 2.29. The summed E-state index contributed by atoms with van der Waals surface area (Å²) >= 11 is 0. The maximum Gasteiger partial charge on any atom is 0.303 e. The first kappa shape index (κ1) is 15.0. The number of hydrogen-bond acceptors (Lipinski definition) is 2. The number of hydrogen-bond donors (Lipinski definition) is 2. The van der Waals surface area contributed by atoms with Crippen molar-refractivity contribution in [3.63, 3.8) is 0 Å². The fraction of sp³-hybridized carbons (Fsp3) is 0.857. The third-order valence-electron chi connectivity index (χ3n) is 3.81. The lowest BCUT2D eigenvalue weighted by Gasteiger charge is -2.14. The zero-order valence-electron chi connectivity index (χ0n) is 11.3. The first-order valence-corrected chi connectivity index (χ1v) is 7.10. The Morgan fingerprint density at radius 3 is 2.50 bits per heavy atom. The van der Waals surface area contributed by atoms with Gasteiger partial charge in [0.2, 0.25) is 5.91 Å². The molecule has 104 valence electrons. The molecular weight excluding hydrogens is 230 g/mol. The molecule has 4 heteroatoms. The predicted molar refractivity (Wildman–Crippen MR) is 70.2 cm³/mol. The Labute approximate surface area is 109 Å². The van der Waals surface area contributed by atoms with Crippen LogP contribution in [0.3, 0.4) is 0 Å². The van der Waals surface area contributed by atoms with E-state index in [9.17, 15) is 9.59 Å². The lowest BCUT2D eigenvalue weighted by molar-refractivity contribution is -0.137. The van der Waals surface area contributed by atoms with Gasteiger partial charge in [0.15, 0.2) is 0 Å². The first-order valence-electron chi connectivity index (χ1n) is 7.10. The second-order valence-electron chi connectivity index (χ2n) is 5.36. The van der Waals surface area contributed by atoms with Crippen LogP contribution in [0, 0.1) is 11.8 Å². The SMILES string of the molecule is CC1CCCC1C(=O)NCCCCCCC(=O)O. The number of unbranched alkanes of at least 4 members (excludes halogenated alkanes) is 3. The van der Waals surface area contributed by atoms with Crippen LogP contribution in [-0.2, 0) is 9.59 Å². The van der Waals surface area contributed by atoms with Crippen molar-refractivity contribution >= 4 is 11.9 Å². The molecule has 0 aromatic carbocycles. The molecule has 0 aromatic heterocycles. The van der Waals surface area contributed by atoms with Crippen LogP contribution in [-0.4, -0.2) is 23.5 Å². The molecule has 0 saturated heterocycles. The third kappa shape index (κ3) is 5.52. The highest BCUT2D eigenvalue weighted by Crippen LogP contribution is 2.31. The smallest absolute Gasteiger partial charge is 0.303 e. The highest BCUT2D eigenvalue weighted by molar-refractivity contribution is 5.79. The summed E-state index contributed by atoms with van der Waals surface area (Å²) in [7, 11) is 0. The number of nitrogens with one attached hydrogen (secondary N) is 1. The molecule has 1 aliphatic carbocycles. The van der Waals surface area contributed by atoms with E-state index in [1.165, 1.54) is 12.8 Å². The number of aliphatic carboxylic acids is 1. The first-order chi connectivity index (χ1) is 8.61. The van der Waals surface area contributed by atoms with Crippen molar-refractivity contribution in [3.05, 3.63) is 0 Å². The van der Waals surface area contributed by atoms with Crippen LogP contribution >= 0.6 is 0 Å². The normalized spacial score (nSPS) is 22.9. The second kappa shape index (κ2) is 8.11. The van der Waals surface area contributed by atoms with Crippen LogP contribution < -0.4 is 5.32 Å². The van der Waals surface area contributed by atoms with Gasteiger partial charge in [-0.25, -0.2) is 0 Å². The summed E-state index contributed by atoms with van der Waals surface area (Å²) in [5.74, 6) is 0.238. The van der Waals surface area contributed by atoms with E-state index in [0.717, 1.165) is 38.6 Å². The third-order valence-corrected chi connectivity index (χ3v) is 3.81. The van der Waals surface area contributed by atoms with Crippen molar-refractivity contribution in [1.82, 2.24) is 5.32 Å². The van der Waals surface area contributed by atoms with Crippen molar-refractivity contribution < 1.29 is 14.7 Å². The van der Waals surface area contributed by atoms with E-state index < -0.39 is 5.97 Å². The van der Waals surface area contributed by atoms with E-state index in [1.807, 2.05) is 0 Å². The van der Waals surface area contributed by atoms with Gasteiger partial charge in [-0.2, -0.15) is 0 Å². The molecule has 0 bridgehead atoms. The second-order valence-corrected chi connectivity index (χ2v) is 5.36. The molecule has 0 spiro atoms. The van der Waals surface area contributed by atoms with Crippen molar-refractivity contribution in [3.8, 4) is 0 Å². The zero-order chi connectivity index (χ0) is 13.4. The standard InChI is InChI=1S/C14H25NO3/c1-11-7-6-8-12(11)14(18)15-10-5-3-2-4-9-13(16)17/h11-12H,2-10H2,1H3,(H,15,18)(H,16,17). The van der Waals surface area contributed by atoms with Crippen LogP contribution in [0.15, 0.2) is 0 Å². The molecule has 18 heavy (non-hydrogen) atoms. The van der Waals surface area contributed by atoms with Gasteiger partial charge in [0.25, 0.3) is 0 Å². The van der Waals surface area contributed by atoms with Gasteiger partial charge in [-0.3, -0.25) is 9.59 Å². The van der Waals surface area contributed by atoms with E-state index in [4.69, 9.17) is 5.11 Å². The summed E-state index contributed by atoms with van der Waals surface area (Å²) in [4.78, 5) is 22.1. The summed E-state index contributed by atoms with van der Waals surface area (Å²) in [5, 5.41) is 11.5. The number of carboxylic acids is 1. The molecule has 1 saturated carbocycles. The minimum Gasteiger partial charge on any atom is -0.481 e. The van der Waals surface area contributed by atoms with Gasteiger partial charge in [-0.15, -0.1) is 0 Å². The fourth-order valence-electron chi connectivity index (χ4n) is 2.63. The molecular formula is C14H25NO3. The molecule has 0 radical (unpaired) electrons. The average molecular weight is 255 g/mol. The average Bonchev–Trinajstić information content (AvgIpc) is 2.73. The van der Waals surface area contributed by atoms with Gasteiger partial charge < -0.3 is 10.4 Å². The molecule has 1 fully saturated rings. The van der Waals surface area contributed by atoms with Gasteiger partial charge in [0.05, 0.1) is 0 Å². The Balaban J connectivity index is 1.97. The topological polar surface area (TPSA) is 66.4 Å². The predicted octanol–water partition coefficient (Wildman–Crippen LogP) is 2.57. The van der Waals surface area contributed by atoms with Crippen molar-refractivity contribution in [2.75, 3.05) is 6.54 Å². The summed E-state index contributed by atoms with van der Waals surface area (Å²) < 4.78 is 0. The molecule has 0 aliphatic heterocycles. The maximum atomic E-state index is 11.8. The molecule has 2 unspecified atom stereocenters. The zero-order valence-corrected chi connectivity index (χ0v) is 11.3. The van der Waals surface area contributed by atoms with Crippen LogP contribution in [0.25, 0.3) is 0 Å². The van der Waals surface area contributed by atoms with E-state index in [0.29, 0.717) is 5.92 Å². The van der Waals surface area contributed by atoms with Crippen molar-refractivity contribution in [2.24, 2.45) is 11.8 Å². The molecule has 1 amide bonds. The minimum atomic E-state index is -0.724. The molecule has 1 rings (SSSR count). The summed E-state index contributed by atoms with van der Waals surface area (Å²) in [5.41, 5.74) is 0. The number of rotatable bonds is 8. The molecule has 0 heterocycles. The van der Waals surface area contributed by atoms with Gasteiger partial charge in [-0.05, 0) is 31.6 Å². The summed E-state index contributed by atoms with van der Waals surface area (Å²) in [6, 6.07) is 0. The molecule has 2 atom stereocenters. The fourth-order valence-corrected chi connectivity index (χ4v) is 2.63. The Bertz CT molecular complexity index is 278. The van der Waals surface area contributed by atoms with E-state index in [-0.39, 0.29) is 18.2 Å². The van der Waals surface area contributed by atoms with Gasteiger partial charge in [0, 0.05) is 18.9 Å². The van der Waals surface area contributed by atoms with Crippen LogP contribution in [0.5, 0.6) is 0 Å². The number of amides is 1. The lowest BCUT2D eigenvalue weighted by Crippen LogP contribution is -2.32. The Morgan fingerprint density at radius 2 is 1.89 bits per heavy atom. The quantitative estimate of drug-likeness (QED) is 0.655. The maximum absolute atomic E-state index is 11.8. The van der Waals surface area contributed by atoms with Gasteiger partial charge in [0.1, 0.15) is 0 Å². The molecule has 1 aliphatic rings. The largest absolute Gasteiger partial charge is 0.481 e. The Hall–Kier alpha value is -1.06. The molecule has 4 nitrogen and oxygen atoms in total. The van der Waals surface area contributed by atoms with Gasteiger partial charge in [-0.1, -0.05) is 26.2 Å². The van der Waals surface area contributed by atoms with E-state index >= 15 is 0 Å². The Morgan fingerprint density at radius 1 is 1.17 bits per heavy atom. The molecule has 0 aromatic rings. The van der Waals surface area contributed by atoms with Crippen LogP contribution in [0.2, 0.25) is 0 Å². The number of carbonyl (C=O) groups is 2. The number of carboxylic acid groups (broad SMARTS) is 1. The lowest BCUT2D eigenvalue weighted by atomic mass is 9.97. The van der Waals surface area contributed by atoms with E-state index in [2.05, 4.69) is 12.2 Å². The summed E-state index contributed by atoms with van der Waals surface area (Å²) in [6.07, 6.45) is 7.25. The van der Waals surface area contributed by atoms with Crippen molar-refractivity contribution in [2.45, 2.75) is 58.3 Å². The van der Waals surface area contributed by atoms with Crippen LogP contribution in [0.4, 0.5) is 0 Å². The monoisotopic (exact) mass is 255 g/mol. The molecule has 2 N–H and O–H groups in total.